The first-order chi connectivity index (χ1) is 14.2. The van der Waals surface area contributed by atoms with Crippen LogP contribution in [0.4, 0.5) is 0 Å². The topological polar surface area (TPSA) is 57.5 Å². The summed E-state index contributed by atoms with van der Waals surface area (Å²) in [4.78, 5) is 7.06. The Balaban J connectivity index is 0.00000450. The second-order valence-corrected chi connectivity index (χ2v) is 7.67. The van der Waals surface area contributed by atoms with E-state index in [1.807, 2.05) is 23.1 Å². The molecule has 0 aliphatic rings. The first kappa shape index (κ1) is 26.4. The molecule has 1 aromatic carbocycles. The Morgan fingerprint density at radius 2 is 1.73 bits per heavy atom. The lowest BCUT2D eigenvalue weighted by atomic mass is 10.1. The highest BCUT2D eigenvalue weighted by molar-refractivity contribution is 14.0. The molecule has 2 aromatic rings. The van der Waals surface area contributed by atoms with Gasteiger partial charge in [-0.05, 0) is 57.6 Å². The van der Waals surface area contributed by atoms with Gasteiger partial charge in [0.05, 0.1) is 13.1 Å². The average molecular weight is 527 g/mol. The fourth-order valence-corrected chi connectivity index (χ4v) is 3.23. The molecule has 0 saturated heterocycles. The second-order valence-electron chi connectivity index (χ2n) is 7.67. The van der Waals surface area contributed by atoms with E-state index < -0.39 is 0 Å². The minimum Gasteiger partial charge on any atom is -0.357 e. The number of nitrogens with one attached hydrogen (secondary N) is 2. The third-order valence-electron chi connectivity index (χ3n) is 4.84. The lowest BCUT2D eigenvalue weighted by Crippen LogP contribution is -2.37. The highest BCUT2D eigenvalue weighted by atomic mass is 127. The fourth-order valence-electron chi connectivity index (χ4n) is 3.23. The highest BCUT2D eigenvalue weighted by Crippen LogP contribution is 2.11. The van der Waals surface area contributed by atoms with Gasteiger partial charge in [-0.25, -0.2) is 4.99 Å². The van der Waals surface area contributed by atoms with Gasteiger partial charge in [-0.15, -0.1) is 24.0 Å². The molecule has 168 valence electrons. The molecule has 0 atom stereocenters. The molecule has 2 rings (SSSR count). The Morgan fingerprint density at radius 1 is 1.00 bits per heavy atom. The standard InChI is InChI=1S/C23H38N6.HI/c1-4-24-23(25-15-10-6-5-7-11-17-28(2)3)26-19-21-13-8-9-14-22(21)20-29-18-12-16-27-29;/h8-9,12-14,16,18H,4-7,10-11,15,17,19-20H2,1-3H3,(H2,24,25,26);1H. The van der Waals surface area contributed by atoms with Gasteiger partial charge in [0.2, 0.25) is 0 Å². The first-order valence-electron chi connectivity index (χ1n) is 10.9. The number of nitrogens with zero attached hydrogens (tertiary/aromatic N) is 4. The van der Waals surface area contributed by atoms with Gasteiger partial charge in [0.25, 0.3) is 0 Å². The summed E-state index contributed by atoms with van der Waals surface area (Å²) in [5.74, 6) is 0.897. The summed E-state index contributed by atoms with van der Waals surface area (Å²) in [5, 5.41) is 11.2. The van der Waals surface area contributed by atoms with Crippen LogP contribution in [0.2, 0.25) is 0 Å². The molecular formula is C23H39IN6. The predicted octanol–water partition coefficient (Wildman–Crippen LogP) is 4.12. The molecule has 30 heavy (non-hydrogen) atoms. The number of hydrogen-bond acceptors (Lipinski definition) is 3. The summed E-state index contributed by atoms with van der Waals surface area (Å²) in [6.07, 6.45) is 10.2. The summed E-state index contributed by atoms with van der Waals surface area (Å²) in [7, 11) is 4.28. The molecule has 0 amide bonds. The molecule has 6 nitrogen and oxygen atoms in total. The molecule has 2 N–H and O–H groups in total. The van der Waals surface area contributed by atoms with Crippen LogP contribution in [0.5, 0.6) is 0 Å². The zero-order valence-electron chi connectivity index (χ0n) is 18.8. The number of hydrogen-bond donors (Lipinski definition) is 2. The molecule has 0 aliphatic carbocycles. The van der Waals surface area contributed by atoms with Gasteiger partial charge in [0, 0.05) is 25.5 Å². The van der Waals surface area contributed by atoms with Crippen molar-refractivity contribution in [3.05, 3.63) is 53.9 Å². The monoisotopic (exact) mass is 526 g/mol. The molecule has 0 saturated carbocycles. The number of benzene rings is 1. The van der Waals surface area contributed by atoms with E-state index in [0.717, 1.165) is 25.6 Å². The Kier molecular flexibility index (Phi) is 14.2. The Bertz CT molecular complexity index is 699. The van der Waals surface area contributed by atoms with E-state index in [4.69, 9.17) is 4.99 Å². The van der Waals surface area contributed by atoms with Crippen LogP contribution in [0.3, 0.4) is 0 Å². The second kappa shape index (κ2) is 16.1. The van der Waals surface area contributed by atoms with Gasteiger partial charge in [-0.3, -0.25) is 4.68 Å². The molecule has 0 radical (unpaired) electrons. The van der Waals surface area contributed by atoms with E-state index in [0.29, 0.717) is 6.54 Å². The number of unbranched alkanes of at least 4 members (excludes halogenated alkanes) is 4. The van der Waals surface area contributed by atoms with Crippen molar-refractivity contribution in [2.75, 3.05) is 33.7 Å². The number of halogens is 1. The Hall–Kier alpha value is -1.61. The fraction of sp³-hybridized carbons (Fsp3) is 0.565. The van der Waals surface area contributed by atoms with Crippen molar-refractivity contribution in [1.82, 2.24) is 25.3 Å². The van der Waals surface area contributed by atoms with Crippen LogP contribution in [-0.4, -0.2) is 54.4 Å². The summed E-state index contributed by atoms with van der Waals surface area (Å²) in [5.41, 5.74) is 2.50. The summed E-state index contributed by atoms with van der Waals surface area (Å²) in [6.45, 7) is 6.57. The molecule has 1 heterocycles. The zero-order chi connectivity index (χ0) is 20.7. The van der Waals surface area contributed by atoms with Gasteiger partial charge in [0.15, 0.2) is 5.96 Å². The van der Waals surface area contributed by atoms with Crippen LogP contribution in [0.1, 0.15) is 50.2 Å². The van der Waals surface area contributed by atoms with E-state index in [2.05, 4.69) is 65.9 Å². The predicted molar refractivity (Wildman–Crippen MR) is 138 cm³/mol. The number of aromatic nitrogens is 2. The lowest BCUT2D eigenvalue weighted by Gasteiger charge is -2.13. The number of rotatable bonds is 13. The largest absolute Gasteiger partial charge is 0.357 e. The molecule has 0 aliphatic heterocycles. The third kappa shape index (κ3) is 11.0. The van der Waals surface area contributed by atoms with E-state index >= 15 is 0 Å². The van der Waals surface area contributed by atoms with E-state index in [-0.39, 0.29) is 24.0 Å². The Labute approximate surface area is 199 Å². The zero-order valence-corrected chi connectivity index (χ0v) is 21.1. The van der Waals surface area contributed by atoms with Crippen LogP contribution in [0.15, 0.2) is 47.7 Å². The summed E-state index contributed by atoms with van der Waals surface area (Å²) < 4.78 is 1.95. The van der Waals surface area contributed by atoms with Crippen LogP contribution < -0.4 is 10.6 Å². The minimum atomic E-state index is 0. The molecule has 0 spiro atoms. The van der Waals surface area contributed by atoms with Crippen LogP contribution in [-0.2, 0) is 13.1 Å². The van der Waals surface area contributed by atoms with E-state index in [9.17, 15) is 0 Å². The minimum absolute atomic E-state index is 0. The first-order valence-corrected chi connectivity index (χ1v) is 10.9. The molecule has 0 fully saturated rings. The Morgan fingerprint density at radius 3 is 2.43 bits per heavy atom. The maximum Gasteiger partial charge on any atom is 0.191 e. The maximum absolute atomic E-state index is 4.80. The molecule has 7 heteroatoms. The van der Waals surface area contributed by atoms with Gasteiger partial charge in [-0.1, -0.05) is 43.5 Å². The lowest BCUT2D eigenvalue weighted by molar-refractivity contribution is 0.389. The normalized spacial score (nSPS) is 11.4. The van der Waals surface area contributed by atoms with Gasteiger partial charge in [-0.2, -0.15) is 5.10 Å². The van der Waals surface area contributed by atoms with Crippen LogP contribution in [0.25, 0.3) is 0 Å². The summed E-state index contributed by atoms with van der Waals surface area (Å²) in [6, 6.07) is 10.4. The highest BCUT2D eigenvalue weighted by Gasteiger charge is 2.04. The van der Waals surface area contributed by atoms with Gasteiger partial charge in [0.1, 0.15) is 0 Å². The van der Waals surface area contributed by atoms with Crippen molar-refractivity contribution in [2.24, 2.45) is 4.99 Å². The van der Waals surface area contributed by atoms with Gasteiger partial charge >= 0.3 is 0 Å². The summed E-state index contributed by atoms with van der Waals surface area (Å²) >= 11 is 0. The third-order valence-corrected chi connectivity index (χ3v) is 4.84. The quantitative estimate of drug-likeness (QED) is 0.179. The molecular weight excluding hydrogens is 487 g/mol. The van der Waals surface area contributed by atoms with Gasteiger partial charge < -0.3 is 15.5 Å². The van der Waals surface area contributed by atoms with Crippen molar-refractivity contribution in [1.29, 1.82) is 0 Å². The number of aliphatic imine (C=N–C) groups is 1. The maximum atomic E-state index is 4.80. The van der Waals surface area contributed by atoms with Crippen LogP contribution in [0, 0.1) is 0 Å². The van der Waals surface area contributed by atoms with Crippen molar-refractivity contribution in [3.63, 3.8) is 0 Å². The smallest absolute Gasteiger partial charge is 0.191 e. The van der Waals surface area contributed by atoms with Crippen molar-refractivity contribution >= 4 is 29.9 Å². The van der Waals surface area contributed by atoms with E-state index in [1.165, 1.54) is 49.8 Å². The number of guanidine groups is 1. The van der Waals surface area contributed by atoms with Crippen LogP contribution >= 0.6 is 24.0 Å². The average Bonchev–Trinajstić information content (AvgIpc) is 3.22. The molecule has 1 aromatic heterocycles. The van der Waals surface area contributed by atoms with Crippen molar-refractivity contribution in [2.45, 2.75) is 52.1 Å². The SMILES string of the molecule is CCNC(=NCc1ccccc1Cn1cccn1)NCCCCCCCN(C)C.I. The molecule has 0 unspecified atom stereocenters. The van der Waals surface area contributed by atoms with E-state index in [1.54, 1.807) is 0 Å². The molecule has 0 bridgehead atoms. The van der Waals surface area contributed by atoms with Crippen molar-refractivity contribution in [3.8, 4) is 0 Å². The van der Waals surface area contributed by atoms with Crippen molar-refractivity contribution < 1.29 is 0 Å².